The standard InChI is InChI=1S/C27H20N4O2/c1-16-7-9-17(10-8-16)18-11-12-19-14-22-24(21(19)13-18)30-31-25(22)26(32)23(15-28)27(33)29-20-5-3-2-4-6-20/h2-13,23H,14H2,1H3,(H,29,33)(H,30,31). The Hall–Kier alpha value is -4.50. The maximum absolute atomic E-state index is 13.1. The summed E-state index contributed by atoms with van der Waals surface area (Å²) < 4.78 is 0. The van der Waals surface area contributed by atoms with Crippen LogP contribution in [0.5, 0.6) is 0 Å². The Bertz CT molecular complexity index is 1410. The summed E-state index contributed by atoms with van der Waals surface area (Å²) in [5.41, 5.74) is 7.60. The molecule has 4 aromatic rings. The number of aromatic amines is 1. The molecule has 1 aromatic heterocycles. The number of amides is 1. The molecular weight excluding hydrogens is 412 g/mol. The highest BCUT2D eigenvalue weighted by Gasteiger charge is 2.34. The third-order valence-electron chi connectivity index (χ3n) is 5.93. The van der Waals surface area contributed by atoms with Crippen molar-refractivity contribution in [1.82, 2.24) is 10.2 Å². The second-order valence-electron chi connectivity index (χ2n) is 8.12. The number of H-pyrrole nitrogens is 1. The molecular formula is C27H20N4O2. The van der Waals surface area contributed by atoms with E-state index >= 15 is 0 Å². The number of aryl methyl sites for hydroxylation is 1. The summed E-state index contributed by atoms with van der Waals surface area (Å²) >= 11 is 0. The predicted octanol–water partition coefficient (Wildman–Crippen LogP) is 4.92. The molecule has 0 radical (unpaired) electrons. The second kappa shape index (κ2) is 8.21. The van der Waals surface area contributed by atoms with Crippen LogP contribution >= 0.6 is 0 Å². The summed E-state index contributed by atoms with van der Waals surface area (Å²) in [6, 6.07) is 25.1. The van der Waals surface area contributed by atoms with Gasteiger partial charge in [0.05, 0.1) is 11.8 Å². The first-order chi connectivity index (χ1) is 16.0. The van der Waals surface area contributed by atoms with E-state index in [9.17, 15) is 14.9 Å². The fraction of sp³-hybridized carbons (Fsp3) is 0.111. The first-order valence-electron chi connectivity index (χ1n) is 10.6. The largest absolute Gasteiger partial charge is 0.325 e. The Morgan fingerprint density at radius 2 is 1.76 bits per heavy atom. The number of anilines is 1. The number of benzene rings is 3. The minimum atomic E-state index is -1.48. The van der Waals surface area contributed by atoms with Crippen molar-refractivity contribution < 1.29 is 9.59 Å². The Morgan fingerprint density at radius 3 is 2.48 bits per heavy atom. The SMILES string of the molecule is Cc1ccc(-c2ccc3c(c2)-c2[nH]nc(C(=O)C(C#N)C(=O)Nc4ccccc4)c2C3)cc1. The Morgan fingerprint density at radius 1 is 1.03 bits per heavy atom. The smallest absolute Gasteiger partial charge is 0.249 e. The van der Waals surface area contributed by atoms with Gasteiger partial charge in [0.25, 0.3) is 0 Å². The number of hydrogen-bond acceptors (Lipinski definition) is 4. The van der Waals surface area contributed by atoms with Crippen LogP contribution in [0, 0.1) is 24.2 Å². The first kappa shape index (κ1) is 20.4. The molecule has 160 valence electrons. The van der Waals surface area contributed by atoms with Crippen molar-refractivity contribution in [1.29, 1.82) is 5.26 Å². The Kier molecular flexibility index (Phi) is 5.08. The zero-order chi connectivity index (χ0) is 22.9. The van der Waals surface area contributed by atoms with Crippen molar-refractivity contribution in [3.05, 3.63) is 95.2 Å². The molecule has 3 aromatic carbocycles. The lowest BCUT2D eigenvalue weighted by atomic mass is 9.98. The normalized spacial score (nSPS) is 12.4. The average Bonchev–Trinajstić information content (AvgIpc) is 3.39. The summed E-state index contributed by atoms with van der Waals surface area (Å²) in [6.07, 6.45) is 0.523. The van der Waals surface area contributed by atoms with Crippen molar-refractivity contribution in [2.45, 2.75) is 13.3 Å². The summed E-state index contributed by atoms with van der Waals surface area (Å²) in [6.45, 7) is 2.05. The number of Topliss-reactive ketones (excluding diaryl/α,β-unsaturated/α-hetero) is 1. The van der Waals surface area contributed by atoms with Crippen LogP contribution in [-0.2, 0) is 11.2 Å². The molecule has 1 aliphatic carbocycles. The molecule has 1 heterocycles. The van der Waals surface area contributed by atoms with Gasteiger partial charge in [0.15, 0.2) is 5.92 Å². The minimum absolute atomic E-state index is 0.146. The van der Waals surface area contributed by atoms with E-state index in [0.717, 1.165) is 33.5 Å². The van der Waals surface area contributed by atoms with E-state index in [-0.39, 0.29) is 5.69 Å². The number of carbonyl (C=O) groups is 2. The topological polar surface area (TPSA) is 98.6 Å². The zero-order valence-corrected chi connectivity index (χ0v) is 17.9. The number of fused-ring (bicyclic) bond motifs is 3. The van der Waals surface area contributed by atoms with E-state index < -0.39 is 17.6 Å². The van der Waals surface area contributed by atoms with Crippen molar-refractivity contribution in [2.75, 3.05) is 5.32 Å². The van der Waals surface area contributed by atoms with Crippen LogP contribution < -0.4 is 5.32 Å². The number of rotatable bonds is 5. The number of nitrogens with zero attached hydrogens (tertiary/aromatic N) is 2. The molecule has 1 unspecified atom stereocenters. The lowest BCUT2D eigenvalue weighted by Crippen LogP contribution is -2.29. The fourth-order valence-electron chi connectivity index (χ4n) is 4.15. The second-order valence-corrected chi connectivity index (χ2v) is 8.12. The van der Waals surface area contributed by atoms with E-state index in [1.165, 1.54) is 5.56 Å². The van der Waals surface area contributed by atoms with Crippen LogP contribution in [-0.4, -0.2) is 21.9 Å². The molecule has 6 heteroatoms. The maximum atomic E-state index is 13.1. The van der Waals surface area contributed by atoms with E-state index in [4.69, 9.17) is 0 Å². The predicted molar refractivity (Wildman–Crippen MR) is 126 cm³/mol. The molecule has 0 saturated carbocycles. The molecule has 33 heavy (non-hydrogen) atoms. The first-order valence-corrected chi connectivity index (χ1v) is 10.6. The van der Waals surface area contributed by atoms with Gasteiger partial charge in [-0.2, -0.15) is 10.4 Å². The number of para-hydroxylation sites is 1. The van der Waals surface area contributed by atoms with Crippen LogP contribution in [0.15, 0.2) is 72.8 Å². The highest BCUT2D eigenvalue weighted by Crippen LogP contribution is 2.39. The molecule has 0 aliphatic heterocycles. The lowest BCUT2D eigenvalue weighted by Gasteiger charge is -2.09. The van der Waals surface area contributed by atoms with Gasteiger partial charge in [-0.3, -0.25) is 14.7 Å². The number of carbonyl (C=O) groups excluding carboxylic acids is 2. The highest BCUT2D eigenvalue weighted by molar-refractivity contribution is 6.16. The summed E-state index contributed by atoms with van der Waals surface area (Å²) in [4.78, 5) is 25.8. The summed E-state index contributed by atoms with van der Waals surface area (Å²) in [7, 11) is 0. The van der Waals surface area contributed by atoms with Gasteiger partial charge in [0.1, 0.15) is 5.69 Å². The van der Waals surface area contributed by atoms with Gasteiger partial charge >= 0.3 is 0 Å². The molecule has 1 atom stereocenters. The van der Waals surface area contributed by atoms with Crippen LogP contribution in [0.1, 0.15) is 27.2 Å². The minimum Gasteiger partial charge on any atom is -0.325 e. The van der Waals surface area contributed by atoms with E-state index in [2.05, 4.69) is 64.9 Å². The van der Waals surface area contributed by atoms with E-state index in [1.807, 2.05) is 12.1 Å². The van der Waals surface area contributed by atoms with Crippen LogP contribution in [0.2, 0.25) is 0 Å². The molecule has 2 N–H and O–H groups in total. The third-order valence-corrected chi connectivity index (χ3v) is 5.93. The number of nitrogens with one attached hydrogen (secondary N) is 2. The average molecular weight is 432 g/mol. The molecule has 0 fully saturated rings. The molecule has 1 amide bonds. The number of hydrogen-bond donors (Lipinski definition) is 2. The van der Waals surface area contributed by atoms with Gasteiger partial charge in [-0.25, -0.2) is 0 Å². The van der Waals surface area contributed by atoms with Gasteiger partial charge in [-0.15, -0.1) is 0 Å². The Labute approximate surface area is 190 Å². The third kappa shape index (κ3) is 3.70. The molecule has 1 aliphatic rings. The van der Waals surface area contributed by atoms with Crippen LogP contribution in [0.3, 0.4) is 0 Å². The number of nitriles is 1. The van der Waals surface area contributed by atoms with Crippen molar-refractivity contribution in [3.63, 3.8) is 0 Å². The number of aromatic nitrogens is 2. The van der Waals surface area contributed by atoms with Crippen molar-refractivity contribution in [2.24, 2.45) is 5.92 Å². The van der Waals surface area contributed by atoms with Gasteiger partial charge in [-0.05, 0) is 41.8 Å². The fourth-order valence-corrected chi connectivity index (χ4v) is 4.15. The van der Waals surface area contributed by atoms with Gasteiger partial charge in [0, 0.05) is 23.2 Å². The summed E-state index contributed by atoms with van der Waals surface area (Å²) in [5, 5.41) is 19.4. The van der Waals surface area contributed by atoms with Gasteiger partial charge in [0.2, 0.25) is 11.7 Å². The molecule has 0 spiro atoms. The number of ketones is 1. The van der Waals surface area contributed by atoms with Crippen LogP contribution in [0.25, 0.3) is 22.4 Å². The Balaban J connectivity index is 1.43. The molecule has 5 rings (SSSR count). The summed E-state index contributed by atoms with van der Waals surface area (Å²) in [5.74, 6) is -2.75. The molecule has 0 saturated heterocycles. The lowest BCUT2D eigenvalue weighted by molar-refractivity contribution is -0.117. The van der Waals surface area contributed by atoms with Crippen molar-refractivity contribution >= 4 is 17.4 Å². The quantitative estimate of drug-likeness (QED) is 0.304. The molecule has 6 nitrogen and oxygen atoms in total. The van der Waals surface area contributed by atoms with Crippen molar-refractivity contribution in [3.8, 4) is 28.5 Å². The molecule has 0 bridgehead atoms. The van der Waals surface area contributed by atoms with Crippen LogP contribution in [0.4, 0.5) is 5.69 Å². The van der Waals surface area contributed by atoms with E-state index in [0.29, 0.717) is 12.1 Å². The van der Waals surface area contributed by atoms with E-state index in [1.54, 1.807) is 24.3 Å². The zero-order valence-electron chi connectivity index (χ0n) is 17.9. The highest BCUT2D eigenvalue weighted by atomic mass is 16.2. The maximum Gasteiger partial charge on any atom is 0.249 e. The van der Waals surface area contributed by atoms with Gasteiger partial charge in [-0.1, -0.05) is 60.2 Å². The monoisotopic (exact) mass is 432 g/mol. The van der Waals surface area contributed by atoms with Gasteiger partial charge < -0.3 is 5.32 Å².